The van der Waals surface area contributed by atoms with Crippen molar-refractivity contribution >= 4 is 5.91 Å². The zero-order chi connectivity index (χ0) is 13.8. The topological polar surface area (TPSA) is 42.7 Å². The summed E-state index contributed by atoms with van der Waals surface area (Å²) in [6, 6.07) is 4.04. The molecule has 0 aliphatic carbocycles. The van der Waals surface area contributed by atoms with Crippen molar-refractivity contribution in [1.82, 2.24) is 4.90 Å². The summed E-state index contributed by atoms with van der Waals surface area (Å²) in [5.74, 6) is 1.38. The molecule has 0 saturated carbocycles. The molecule has 1 aromatic rings. The van der Waals surface area contributed by atoms with Crippen molar-refractivity contribution in [3.8, 4) is 0 Å². The quantitative estimate of drug-likeness (QED) is 0.834. The molecule has 2 saturated heterocycles. The van der Waals surface area contributed by atoms with Gasteiger partial charge in [0.25, 0.3) is 0 Å². The minimum atomic E-state index is 0.128. The summed E-state index contributed by atoms with van der Waals surface area (Å²) in [6.45, 7) is 2.30. The SMILES string of the molecule is O=C(C1CCOCC1)N1CCCCCC1c1ccco1. The van der Waals surface area contributed by atoms with Gasteiger partial charge in [-0.1, -0.05) is 12.8 Å². The maximum Gasteiger partial charge on any atom is 0.226 e. The molecule has 20 heavy (non-hydrogen) atoms. The number of carbonyl (C=O) groups is 1. The van der Waals surface area contributed by atoms with Crippen LogP contribution in [0.25, 0.3) is 0 Å². The molecule has 0 spiro atoms. The van der Waals surface area contributed by atoms with E-state index in [2.05, 4.69) is 4.90 Å². The predicted molar refractivity (Wildman–Crippen MR) is 75.2 cm³/mol. The van der Waals surface area contributed by atoms with Crippen LogP contribution in [0.2, 0.25) is 0 Å². The highest BCUT2D eigenvalue weighted by Crippen LogP contribution is 2.32. The van der Waals surface area contributed by atoms with Gasteiger partial charge in [0, 0.05) is 25.7 Å². The van der Waals surface area contributed by atoms with Crippen molar-refractivity contribution in [3.63, 3.8) is 0 Å². The molecule has 0 bridgehead atoms. The molecule has 1 aromatic heterocycles. The number of amides is 1. The predicted octanol–water partition coefficient (Wildman–Crippen LogP) is 3.15. The molecule has 0 N–H and O–H groups in total. The summed E-state index contributed by atoms with van der Waals surface area (Å²) in [4.78, 5) is 14.9. The molecule has 1 unspecified atom stereocenters. The van der Waals surface area contributed by atoms with E-state index in [1.54, 1.807) is 6.26 Å². The van der Waals surface area contributed by atoms with Crippen LogP contribution in [0.3, 0.4) is 0 Å². The Morgan fingerprint density at radius 1 is 1.15 bits per heavy atom. The van der Waals surface area contributed by atoms with Gasteiger partial charge in [0.1, 0.15) is 5.76 Å². The maximum absolute atomic E-state index is 12.8. The van der Waals surface area contributed by atoms with E-state index in [1.807, 2.05) is 12.1 Å². The van der Waals surface area contributed by atoms with E-state index < -0.39 is 0 Å². The first kappa shape index (κ1) is 13.7. The summed E-state index contributed by atoms with van der Waals surface area (Å²) in [5.41, 5.74) is 0. The van der Waals surface area contributed by atoms with Gasteiger partial charge in [-0.2, -0.15) is 0 Å². The van der Waals surface area contributed by atoms with Crippen LogP contribution in [0.4, 0.5) is 0 Å². The number of ether oxygens (including phenoxy) is 1. The summed E-state index contributed by atoms with van der Waals surface area (Å²) < 4.78 is 10.9. The molecule has 2 aliphatic heterocycles. The Hall–Kier alpha value is -1.29. The van der Waals surface area contributed by atoms with Crippen LogP contribution in [0, 0.1) is 5.92 Å². The van der Waals surface area contributed by atoms with Crippen molar-refractivity contribution in [2.24, 2.45) is 5.92 Å². The second-order valence-corrected chi connectivity index (χ2v) is 5.80. The Kier molecular flexibility index (Phi) is 4.41. The number of hydrogen-bond acceptors (Lipinski definition) is 3. The second kappa shape index (κ2) is 6.44. The van der Waals surface area contributed by atoms with Gasteiger partial charge in [-0.15, -0.1) is 0 Å². The third kappa shape index (κ3) is 2.90. The lowest BCUT2D eigenvalue weighted by Crippen LogP contribution is -2.40. The van der Waals surface area contributed by atoms with E-state index in [1.165, 1.54) is 12.8 Å². The van der Waals surface area contributed by atoms with Crippen molar-refractivity contribution in [2.45, 2.75) is 44.6 Å². The highest BCUT2D eigenvalue weighted by atomic mass is 16.5. The number of rotatable bonds is 2. The number of carbonyl (C=O) groups excluding carboxylic acids is 1. The number of furan rings is 1. The van der Waals surface area contributed by atoms with E-state index in [9.17, 15) is 4.79 Å². The monoisotopic (exact) mass is 277 g/mol. The summed E-state index contributed by atoms with van der Waals surface area (Å²) in [7, 11) is 0. The molecule has 1 amide bonds. The van der Waals surface area contributed by atoms with Crippen molar-refractivity contribution < 1.29 is 13.9 Å². The molecule has 110 valence electrons. The molecule has 3 rings (SSSR count). The molecule has 2 aliphatic rings. The Balaban J connectivity index is 1.77. The smallest absolute Gasteiger partial charge is 0.226 e. The van der Waals surface area contributed by atoms with Gasteiger partial charge in [-0.3, -0.25) is 4.79 Å². The van der Waals surface area contributed by atoms with Crippen LogP contribution in [0.1, 0.15) is 50.3 Å². The first-order valence-electron chi connectivity index (χ1n) is 7.78. The molecule has 4 heteroatoms. The highest BCUT2D eigenvalue weighted by Gasteiger charge is 2.33. The van der Waals surface area contributed by atoms with Crippen molar-refractivity contribution in [1.29, 1.82) is 0 Å². The van der Waals surface area contributed by atoms with E-state index in [0.717, 1.165) is 51.2 Å². The fraction of sp³-hybridized carbons (Fsp3) is 0.688. The minimum absolute atomic E-state index is 0.128. The van der Waals surface area contributed by atoms with Gasteiger partial charge < -0.3 is 14.1 Å². The maximum atomic E-state index is 12.8. The molecule has 3 heterocycles. The largest absolute Gasteiger partial charge is 0.467 e. The number of hydrogen-bond donors (Lipinski definition) is 0. The number of likely N-dealkylation sites (tertiary alicyclic amines) is 1. The molecular weight excluding hydrogens is 254 g/mol. The normalized spacial score (nSPS) is 25.4. The fourth-order valence-corrected chi connectivity index (χ4v) is 3.33. The Labute approximate surface area is 120 Å². The van der Waals surface area contributed by atoms with Crippen molar-refractivity contribution in [3.05, 3.63) is 24.2 Å². The van der Waals surface area contributed by atoms with Crippen LogP contribution < -0.4 is 0 Å². The van der Waals surface area contributed by atoms with Crippen molar-refractivity contribution in [2.75, 3.05) is 19.8 Å². The van der Waals surface area contributed by atoms with Gasteiger partial charge in [-0.05, 0) is 37.8 Å². The van der Waals surface area contributed by atoms with Gasteiger partial charge in [-0.25, -0.2) is 0 Å². The van der Waals surface area contributed by atoms with E-state index in [-0.39, 0.29) is 12.0 Å². The lowest BCUT2D eigenvalue weighted by atomic mass is 9.97. The Bertz CT molecular complexity index is 423. The molecule has 0 radical (unpaired) electrons. The molecular formula is C16H23NO3. The third-order valence-electron chi connectivity index (χ3n) is 4.48. The highest BCUT2D eigenvalue weighted by molar-refractivity contribution is 5.79. The minimum Gasteiger partial charge on any atom is -0.467 e. The fourth-order valence-electron chi connectivity index (χ4n) is 3.33. The second-order valence-electron chi connectivity index (χ2n) is 5.80. The molecule has 4 nitrogen and oxygen atoms in total. The van der Waals surface area contributed by atoms with Gasteiger partial charge in [0.05, 0.1) is 12.3 Å². The van der Waals surface area contributed by atoms with Crippen LogP contribution in [-0.2, 0) is 9.53 Å². The standard InChI is InChI=1S/C16H23NO3/c18-16(13-7-11-19-12-8-13)17-9-3-1-2-5-14(17)15-6-4-10-20-15/h4,6,10,13-14H,1-3,5,7-9,11-12H2. The van der Waals surface area contributed by atoms with Gasteiger partial charge >= 0.3 is 0 Å². The zero-order valence-electron chi connectivity index (χ0n) is 11.9. The Morgan fingerprint density at radius 2 is 2.00 bits per heavy atom. The third-order valence-corrected chi connectivity index (χ3v) is 4.48. The van der Waals surface area contributed by atoms with E-state index >= 15 is 0 Å². The number of nitrogens with zero attached hydrogens (tertiary/aromatic N) is 1. The first-order valence-corrected chi connectivity index (χ1v) is 7.78. The summed E-state index contributed by atoms with van der Waals surface area (Å²) in [5, 5.41) is 0. The molecule has 2 fully saturated rings. The van der Waals surface area contributed by atoms with E-state index in [4.69, 9.17) is 9.15 Å². The van der Waals surface area contributed by atoms with Crippen LogP contribution in [0.15, 0.2) is 22.8 Å². The van der Waals surface area contributed by atoms with Crippen LogP contribution in [0.5, 0.6) is 0 Å². The van der Waals surface area contributed by atoms with Crippen LogP contribution in [-0.4, -0.2) is 30.6 Å². The average Bonchev–Trinajstić information content (AvgIpc) is 2.92. The summed E-state index contributed by atoms with van der Waals surface area (Å²) in [6.07, 6.45) is 7.92. The zero-order valence-corrected chi connectivity index (χ0v) is 11.9. The first-order chi connectivity index (χ1) is 9.86. The van der Waals surface area contributed by atoms with Gasteiger partial charge in [0.15, 0.2) is 0 Å². The van der Waals surface area contributed by atoms with Gasteiger partial charge in [0.2, 0.25) is 5.91 Å². The molecule has 1 atom stereocenters. The van der Waals surface area contributed by atoms with Crippen LogP contribution >= 0.6 is 0 Å². The Morgan fingerprint density at radius 3 is 2.75 bits per heavy atom. The van der Waals surface area contributed by atoms with E-state index in [0.29, 0.717) is 5.91 Å². The average molecular weight is 277 g/mol. The lowest BCUT2D eigenvalue weighted by molar-refractivity contribution is -0.141. The summed E-state index contributed by atoms with van der Waals surface area (Å²) >= 11 is 0. The lowest BCUT2D eigenvalue weighted by Gasteiger charge is -2.33. The molecule has 0 aromatic carbocycles.